The second-order valence-electron chi connectivity index (χ2n) is 32.6. The van der Waals surface area contributed by atoms with Crippen molar-refractivity contribution in [3.05, 3.63) is 550 Å². The molecule has 0 saturated carbocycles. The van der Waals surface area contributed by atoms with Crippen molar-refractivity contribution in [3.63, 3.8) is 0 Å². The Morgan fingerprint density at radius 1 is 0.233 bits per heavy atom. The first kappa shape index (κ1) is 107. The molecule has 146 heavy (non-hydrogen) atoms. The molecular formula is C125H95N17Pt4-12. The molecule has 0 radical (unpaired) electrons. The van der Waals surface area contributed by atoms with Gasteiger partial charge in [0.15, 0.2) is 0 Å². The average molecular weight is 2620 g/mol. The van der Waals surface area contributed by atoms with Crippen LogP contribution in [0.15, 0.2) is 468 Å². The van der Waals surface area contributed by atoms with Gasteiger partial charge in [-0.1, -0.05) is 237 Å². The molecule has 17 nitrogen and oxygen atoms in total. The van der Waals surface area contributed by atoms with Gasteiger partial charge in [-0.05, 0) is 161 Å². The Kier molecular flexibility index (Phi) is 40.3. The molecule has 0 N–H and O–H groups in total. The van der Waals surface area contributed by atoms with E-state index in [1.54, 1.807) is 10.9 Å². The van der Waals surface area contributed by atoms with Gasteiger partial charge in [0.25, 0.3) is 0 Å². The van der Waals surface area contributed by atoms with Crippen LogP contribution in [0, 0.1) is 90.1 Å². The van der Waals surface area contributed by atoms with Crippen LogP contribution in [0.25, 0.3) is 158 Å². The summed E-state index contributed by atoms with van der Waals surface area (Å²) in [5, 5.41) is 42.6. The monoisotopic (exact) mass is 2610 g/mol. The molecule has 0 aliphatic heterocycles. The molecule has 8 heterocycles. The van der Waals surface area contributed by atoms with E-state index in [0.717, 1.165) is 130 Å². The molecule has 21 heteroatoms. The van der Waals surface area contributed by atoms with Crippen LogP contribution in [-0.4, -0.2) is 64.4 Å². The summed E-state index contributed by atoms with van der Waals surface area (Å²) in [6.07, 6.45) is 5.46. The molecule has 0 aliphatic carbocycles. The van der Waals surface area contributed by atoms with Crippen molar-refractivity contribution in [1.29, 1.82) is 0 Å². The fourth-order valence-electron chi connectivity index (χ4n) is 15.3. The minimum atomic E-state index is 0. The summed E-state index contributed by atoms with van der Waals surface area (Å²) in [5.41, 5.74) is 32.3. The first-order valence-electron chi connectivity index (χ1n) is 46.3. The molecule has 24 rings (SSSR count). The van der Waals surface area contributed by atoms with E-state index in [-0.39, 0.29) is 84.3 Å². The van der Waals surface area contributed by atoms with Gasteiger partial charge < -0.3 is 40.4 Å². The van der Waals surface area contributed by atoms with E-state index in [9.17, 15) is 0 Å². The Bertz CT molecular complexity index is 7040. The first-order valence-corrected chi connectivity index (χ1v) is 46.3. The Morgan fingerprint density at radius 2 is 0.521 bits per heavy atom. The summed E-state index contributed by atoms with van der Waals surface area (Å²) in [6.45, 7) is 12.1. The maximum atomic E-state index is 4.61. The van der Waals surface area contributed by atoms with Gasteiger partial charge >= 0.3 is 0 Å². The molecule has 0 fully saturated rings. The number of benzene rings is 16. The van der Waals surface area contributed by atoms with E-state index < -0.39 is 0 Å². The zero-order valence-electron chi connectivity index (χ0n) is 80.3. The zero-order chi connectivity index (χ0) is 97.2. The topological polar surface area (TPSA) is 192 Å². The van der Waals surface area contributed by atoms with Gasteiger partial charge in [-0.15, -0.1) is 157 Å². The number of para-hydroxylation sites is 4. The SMILES string of the molecule is Cc1cc(C)n(-c2[c-]cccc2)n1.Cc1cc(C)n(-c2[c-]cccc2)n1.Cc1cc(C)n(-c2[c-]cccc2)n1.[Pt].[Pt].[Pt].[Pt].[c-]1ccccc1-c1cc(-c2ccc(-c3ccccc3)cc2)n[n-]1.[c-]1ccccc1-c1cc(-c2ccc(-c3ccccc3)cc2)n[n-]1.[c-]1ccccc1-c1nc(-c2ccc(-c3ccccc3)cc2)c[n-]1.[c-]1ccccc1-c1nc(-c2ccc(-c3ccccc3)cc2)n[n-]1.[c-]1ccccc1-n1cccn1. The number of aryl methyl sites for hydroxylation is 6. The Hall–Kier alpha value is -16.1. The Morgan fingerprint density at radius 3 is 0.822 bits per heavy atom. The van der Waals surface area contributed by atoms with Gasteiger partial charge in [-0.25, -0.2) is 11.4 Å². The summed E-state index contributed by atoms with van der Waals surface area (Å²) in [7, 11) is 0. The summed E-state index contributed by atoms with van der Waals surface area (Å²) >= 11 is 0. The van der Waals surface area contributed by atoms with Crippen molar-refractivity contribution in [2.75, 3.05) is 0 Å². The quantitative estimate of drug-likeness (QED) is 0.0831. The fraction of sp³-hybridized carbons (Fsp3) is 0.0480. The van der Waals surface area contributed by atoms with E-state index in [2.05, 4.69) is 303 Å². The number of hydrogen-bond acceptors (Lipinski definition) is 9. The molecule has 0 amide bonds. The zero-order valence-corrected chi connectivity index (χ0v) is 89.4. The van der Waals surface area contributed by atoms with E-state index in [1.165, 1.54) is 44.5 Å². The van der Waals surface area contributed by atoms with Gasteiger partial charge in [-0.3, -0.25) is 23.8 Å². The second kappa shape index (κ2) is 54.9. The van der Waals surface area contributed by atoms with Crippen molar-refractivity contribution in [2.24, 2.45) is 0 Å². The molecule has 0 unspecified atom stereocenters. The van der Waals surface area contributed by atoms with Crippen molar-refractivity contribution < 1.29 is 84.3 Å². The standard InChI is InChI=1S/3C21H14N2.C20H13N3.3C11H11N2.C9H7N2.4Pt/c1-3-7-16(8-4-1)17-11-13-18(14-12-17)20-15-22-21(23-20)19-9-5-2-6-10-19;2*1-3-7-16(8-4-1)17-11-13-19(14-12-17)21-15-20(22-23-21)18-9-5-2-6-10-18;1-3-7-15(8-4-1)16-11-13-18(14-12-16)20-21-19(22-23-20)17-9-5-2-6-10-17;3*1-9-8-10(2)13(12-9)11-6-4-3-5-7-11;1-2-5-9(6-3-1)11-8-4-7-10-11;;;;/h3*1-9,11-15H;1-9,11-14H;3*3-6,8H,1-2H3;1-5,7-8H;;;;/q4*-2;4*-1;;;;. The van der Waals surface area contributed by atoms with Crippen LogP contribution >= 0.6 is 0 Å². The number of nitrogens with zero attached hydrogens (tertiary/aromatic N) is 17. The van der Waals surface area contributed by atoms with Crippen molar-refractivity contribution in [3.8, 4) is 158 Å². The van der Waals surface area contributed by atoms with Gasteiger partial charge in [-0.2, -0.15) is 140 Å². The third-order valence-electron chi connectivity index (χ3n) is 22.3. The minimum absolute atomic E-state index is 0. The molecule has 16 aromatic carbocycles. The summed E-state index contributed by atoms with van der Waals surface area (Å²) in [4.78, 5) is 13.5. The van der Waals surface area contributed by atoms with Crippen molar-refractivity contribution in [1.82, 2.24) is 84.7 Å². The fourth-order valence-corrected chi connectivity index (χ4v) is 15.3. The van der Waals surface area contributed by atoms with E-state index in [0.29, 0.717) is 17.5 Å². The summed E-state index contributed by atoms with van der Waals surface area (Å²) in [5.74, 6) is 1.96. The summed E-state index contributed by atoms with van der Waals surface area (Å²) in [6, 6.07) is 174. The third kappa shape index (κ3) is 29.8. The average Bonchev–Trinajstić information content (AvgIpc) is 1.68. The van der Waals surface area contributed by atoms with Crippen molar-refractivity contribution >= 4 is 0 Å². The molecule has 0 spiro atoms. The predicted molar refractivity (Wildman–Crippen MR) is 567 cm³/mol. The molecule has 732 valence electrons. The maximum Gasteiger partial charge on any atom is 0.0600 e. The third-order valence-corrected chi connectivity index (χ3v) is 22.3. The molecular weight excluding hydrogens is 2520 g/mol. The molecule has 0 atom stereocenters. The molecule has 24 aromatic rings. The number of aromatic nitrogens is 17. The summed E-state index contributed by atoms with van der Waals surface area (Å²) < 4.78 is 7.47. The van der Waals surface area contributed by atoms with E-state index in [1.807, 2.05) is 329 Å². The van der Waals surface area contributed by atoms with Gasteiger partial charge in [0.1, 0.15) is 0 Å². The van der Waals surface area contributed by atoms with Crippen LogP contribution in [0.5, 0.6) is 0 Å². The molecule has 0 bridgehead atoms. The van der Waals surface area contributed by atoms with Gasteiger partial charge in [0.05, 0.1) is 17.1 Å². The smallest absolute Gasteiger partial charge is 0.0600 e. The molecule has 0 aliphatic rings. The number of hydrogen-bond donors (Lipinski definition) is 0. The van der Waals surface area contributed by atoms with Crippen LogP contribution in [0.3, 0.4) is 0 Å². The number of rotatable bonds is 16. The first-order chi connectivity index (χ1) is 69.9. The van der Waals surface area contributed by atoms with Crippen LogP contribution in [0.2, 0.25) is 0 Å². The van der Waals surface area contributed by atoms with Crippen LogP contribution in [0.4, 0.5) is 0 Å². The van der Waals surface area contributed by atoms with E-state index in [4.69, 9.17) is 0 Å². The van der Waals surface area contributed by atoms with Crippen LogP contribution < -0.4 is 20.3 Å². The largest absolute Gasteiger partial charge is 0.618 e. The number of imidazole rings is 1. The minimum Gasteiger partial charge on any atom is -0.618 e. The maximum absolute atomic E-state index is 4.61. The van der Waals surface area contributed by atoms with Gasteiger partial charge in [0.2, 0.25) is 0 Å². The van der Waals surface area contributed by atoms with E-state index >= 15 is 0 Å². The van der Waals surface area contributed by atoms with Crippen LogP contribution in [-0.2, 0) is 84.3 Å². The molecule has 8 aromatic heterocycles. The van der Waals surface area contributed by atoms with Gasteiger partial charge in [0, 0.05) is 131 Å². The second-order valence-corrected chi connectivity index (χ2v) is 32.6. The van der Waals surface area contributed by atoms with Crippen molar-refractivity contribution in [2.45, 2.75) is 41.5 Å². The molecule has 0 saturated heterocycles. The predicted octanol–water partition coefficient (Wildman–Crippen LogP) is 27.3. The van der Waals surface area contributed by atoms with Crippen LogP contribution in [0.1, 0.15) is 34.2 Å². The Labute approximate surface area is 910 Å². The normalized spacial score (nSPS) is 10.2. The Balaban J connectivity index is 0.000000141.